The van der Waals surface area contributed by atoms with Crippen molar-refractivity contribution in [2.75, 3.05) is 0 Å². The largest absolute Gasteiger partial charge is 0.309 e. The van der Waals surface area contributed by atoms with Crippen LogP contribution in [0.3, 0.4) is 0 Å². The van der Waals surface area contributed by atoms with E-state index in [4.69, 9.17) is 0 Å². The van der Waals surface area contributed by atoms with Gasteiger partial charge in [0.15, 0.2) is 0 Å². The highest BCUT2D eigenvalue weighted by Gasteiger charge is 2.15. The van der Waals surface area contributed by atoms with Crippen LogP contribution in [0.15, 0.2) is 97.1 Å². The molecule has 4 aromatic carbocycles. The lowest BCUT2D eigenvalue weighted by atomic mass is 10.0. The summed E-state index contributed by atoms with van der Waals surface area (Å²) < 4.78 is 2.29. The van der Waals surface area contributed by atoms with Gasteiger partial charge in [-0.3, -0.25) is 4.79 Å². The molecular formula is C25H17NO. The summed E-state index contributed by atoms with van der Waals surface area (Å²) >= 11 is 0. The van der Waals surface area contributed by atoms with E-state index < -0.39 is 0 Å². The second kappa shape index (κ2) is 6.26. The summed E-state index contributed by atoms with van der Waals surface area (Å²) in [7, 11) is 0. The molecule has 27 heavy (non-hydrogen) atoms. The van der Waals surface area contributed by atoms with Gasteiger partial charge >= 0.3 is 0 Å². The molecular weight excluding hydrogens is 330 g/mol. The topological polar surface area (TPSA) is 22.0 Å². The van der Waals surface area contributed by atoms with Gasteiger partial charge < -0.3 is 4.57 Å². The normalized spacial score (nSPS) is 11.1. The average Bonchev–Trinajstić information content (AvgIpc) is 3.08. The third-order valence-electron chi connectivity index (χ3n) is 5.06. The van der Waals surface area contributed by atoms with E-state index in [1.807, 2.05) is 30.3 Å². The van der Waals surface area contributed by atoms with Crippen molar-refractivity contribution in [1.82, 2.24) is 4.57 Å². The van der Waals surface area contributed by atoms with Crippen LogP contribution >= 0.6 is 0 Å². The van der Waals surface area contributed by atoms with Gasteiger partial charge in [0.25, 0.3) is 0 Å². The minimum Gasteiger partial charge on any atom is -0.309 e. The summed E-state index contributed by atoms with van der Waals surface area (Å²) in [6.45, 7) is 0. The monoisotopic (exact) mass is 347 g/mol. The van der Waals surface area contributed by atoms with E-state index in [9.17, 15) is 4.79 Å². The third kappa shape index (κ3) is 2.46. The van der Waals surface area contributed by atoms with Crippen LogP contribution < -0.4 is 0 Å². The number of fused-ring (bicyclic) bond motifs is 3. The molecule has 0 N–H and O–H groups in total. The molecule has 0 saturated heterocycles. The molecule has 0 aliphatic rings. The van der Waals surface area contributed by atoms with Gasteiger partial charge in [0, 0.05) is 21.9 Å². The standard InChI is InChI=1S/C25H17NO/c27-17-18-14-15-25-22(16-18)21-11-5-7-13-24(21)26(25)23-12-6-4-10-20(23)19-8-2-1-3-9-19/h1-17H. The molecule has 128 valence electrons. The molecule has 0 atom stereocenters. The van der Waals surface area contributed by atoms with Crippen molar-refractivity contribution in [2.24, 2.45) is 0 Å². The van der Waals surface area contributed by atoms with Crippen molar-refractivity contribution in [2.45, 2.75) is 0 Å². The highest BCUT2D eigenvalue weighted by atomic mass is 16.1. The number of hydrogen-bond acceptors (Lipinski definition) is 1. The fourth-order valence-electron chi connectivity index (χ4n) is 3.85. The number of benzene rings is 4. The second-order valence-electron chi connectivity index (χ2n) is 6.63. The minimum atomic E-state index is 0.696. The number of aromatic nitrogens is 1. The average molecular weight is 347 g/mol. The summed E-state index contributed by atoms with van der Waals surface area (Å²) in [5.41, 5.74) is 6.43. The molecule has 0 aliphatic carbocycles. The third-order valence-corrected chi connectivity index (χ3v) is 5.06. The Morgan fingerprint density at radius 3 is 2.19 bits per heavy atom. The van der Waals surface area contributed by atoms with Crippen LogP contribution in [-0.4, -0.2) is 10.9 Å². The number of carbonyl (C=O) groups is 1. The fraction of sp³-hybridized carbons (Fsp3) is 0. The minimum absolute atomic E-state index is 0.696. The van der Waals surface area contributed by atoms with Crippen molar-refractivity contribution >= 4 is 28.1 Å². The zero-order valence-electron chi connectivity index (χ0n) is 14.7. The Morgan fingerprint density at radius 1 is 0.630 bits per heavy atom. The molecule has 0 fully saturated rings. The zero-order chi connectivity index (χ0) is 18.2. The van der Waals surface area contributed by atoms with Crippen molar-refractivity contribution in [1.29, 1.82) is 0 Å². The van der Waals surface area contributed by atoms with Gasteiger partial charge in [-0.15, -0.1) is 0 Å². The van der Waals surface area contributed by atoms with Gasteiger partial charge in [-0.2, -0.15) is 0 Å². The quantitative estimate of drug-likeness (QED) is 0.353. The number of hydrogen-bond donors (Lipinski definition) is 0. The maximum atomic E-state index is 11.3. The van der Waals surface area contributed by atoms with Crippen LogP contribution in [-0.2, 0) is 0 Å². The Bertz CT molecular complexity index is 1280. The van der Waals surface area contributed by atoms with Gasteiger partial charge in [0.2, 0.25) is 0 Å². The summed E-state index contributed by atoms with van der Waals surface area (Å²) in [6.07, 6.45) is 0.906. The first kappa shape index (κ1) is 15.6. The molecule has 0 amide bonds. The van der Waals surface area contributed by atoms with Crippen LogP contribution in [0.5, 0.6) is 0 Å². The first-order chi connectivity index (χ1) is 13.4. The number of rotatable bonds is 3. The summed E-state index contributed by atoms with van der Waals surface area (Å²) in [5, 5.41) is 2.25. The van der Waals surface area contributed by atoms with Crippen LogP contribution in [0.1, 0.15) is 10.4 Å². The highest BCUT2D eigenvalue weighted by molar-refractivity contribution is 6.10. The van der Waals surface area contributed by atoms with E-state index >= 15 is 0 Å². The number of aldehydes is 1. The van der Waals surface area contributed by atoms with E-state index in [1.165, 1.54) is 11.1 Å². The number of carbonyl (C=O) groups excluding carboxylic acids is 1. The second-order valence-corrected chi connectivity index (χ2v) is 6.63. The van der Waals surface area contributed by atoms with Crippen LogP contribution in [0, 0.1) is 0 Å². The van der Waals surface area contributed by atoms with Gasteiger partial charge in [-0.25, -0.2) is 0 Å². The van der Waals surface area contributed by atoms with E-state index in [0.29, 0.717) is 5.56 Å². The van der Waals surface area contributed by atoms with E-state index in [2.05, 4.69) is 71.3 Å². The Hall–Kier alpha value is -3.65. The van der Waals surface area contributed by atoms with Crippen molar-refractivity contribution in [3.05, 3.63) is 103 Å². The SMILES string of the molecule is O=Cc1ccc2c(c1)c1ccccc1n2-c1ccccc1-c1ccccc1. The first-order valence-electron chi connectivity index (χ1n) is 9.00. The zero-order valence-corrected chi connectivity index (χ0v) is 14.7. The molecule has 1 aromatic heterocycles. The molecule has 5 rings (SSSR count). The van der Waals surface area contributed by atoms with Crippen molar-refractivity contribution in [3.8, 4) is 16.8 Å². The lowest BCUT2D eigenvalue weighted by Gasteiger charge is -2.14. The van der Waals surface area contributed by atoms with Crippen LogP contribution in [0.2, 0.25) is 0 Å². The maximum absolute atomic E-state index is 11.3. The lowest BCUT2D eigenvalue weighted by molar-refractivity contribution is 0.112. The summed E-state index contributed by atoms with van der Waals surface area (Å²) in [4.78, 5) is 11.3. The number of nitrogens with zero attached hydrogens (tertiary/aromatic N) is 1. The van der Waals surface area contributed by atoms with Gasteiger partial charge in [0.1, 0.15) is 6.29 Å². The van der Waals surface area contributed by atoms with Crippen molar-refractivity contribution in [3.63, 3.8) is 0 Å². The van der Waals surface area contributed by atoms with E-state index in [-0.39, 0.29) is 0 Å². The fourth-order valence-corrected chi connectivity index (χ4v) is 3.85. The molecule has 0 unspecified atom stereocenters. The number of para-hydroxylation sites is 2. The molecule has 0 saturated carbocycles. The van der Waals surface area contributed by atoms with Gasteiger partial charge in [-0.05, 0) is 35.9 Å². The maximum Gasteiger partial charge on any atom is 0.150 e. The molecule has 2 nitrogen and oxygen atoms in total. The van der Waals surface area contributed by atoms with Crippen LogP contribution in [0.4, 0.5) is 0 Å². The Kier molecular flexibility index (Phi) is 3.61. The highest BCUT2D eigenvalue weighted by Crippen LogP contribution is 2.36. The van der Waals surface area contributed by atoms with Gasteiger partial charge in [0.05, 0.1) is 16.7 Å². The van der Waals surface area contributed by atoms with Crippen molar-refractivity contribution < 1.29 is 4.79 Å². The first-order valence-corrected chi connectivity index (χ1v) is 9.00. The van der Waals surface area contributed by atoms with E-state index in [1.54, 1.807) is 0 Å². The van der Waals surface area contributed by atoms with E-state index in [0.717, 1.165) is 33.8 Å². The van der Waals surface area contributed by atoms with Crippen LogP contribution in [0.25, 0.3) is 38.6 Å². The molecule has 0 spiro atoms. The smallest absolute Gasteiger partial charge is 0.150 e. The summed E-state index contributed by atoms with van der Waals surface area (Å²) in [6, 6.07) is 33.2. The Balaban J connectivity index is 1.91. The molecule has 5 aromatic rings. The lowest BCUT2D eigenvalue weighted by Crippen LogP contribution is -1.97. The van der Waals surface area contributed by atoms with Gasteiger partial charge in [-0.1, -0.05) is 66.7 Å². The Labute approximate surface area is 157 Å². The predicted molar refractivity (Wildman–Crippen MR) is 112 cm³/mol. The molecule has 0 radical (unpaired) electrons. The molecule has 0 aliphatic heterocycles. The molecule has 0 bridgehead atoms. The molecule has 1 heterocycles. The summed E-state index contributed by atoms with van der Waals surface area (Å²) in [5.74, 6) is 0. The Morgan fingerprint density at radius 2 is 1.33 bits per heavy atom. The molecule has 2 heteroatoms. The predicted octanol–water partition coefficient (Wildman–Crippen LogP) is 6.26.